The topological polar surface area (TPSA) is 64.6 Å². The highest BCUT2D eigenvalue weighted by atomic mass is 16.5. The van der Waals surface area contributed by atoms with Crippen LogP contribution in [0.25, 0.3) is 0 Å². The van der Waals surface area contributed by atoms with Gasteiger partial charge in [0, 0.05) is 6.42 Å². The standard InChI is InChI=1S/C57H113NO4/c1-6-11-16-21-26-29-30-33-38-43-50-58-55(57(60)62-52-54(46-40-35-25-20-15-10-5)47-42-37-32-28-23-18-13-8-3)48-49-56(59)61-51-53(44-39-34-24-19-14-9-4)45-41-36-31-27-22-17-12-7-2/h53-55,58H,6-52H2,1-5H3/t53?,54?,55-/m0/s1. The van der Waals surface area contributed by atoms with Gasteiger partial charge < -0.3 is 14.8 Å². The molecule has 0 aromatic carbocycles. The van der Waals surface area contributed by atoms with Crippen LogP contribution in [0, 0.1) is 11.8 Å². The first-order valence-electron chi connectivity index (χ1n) is 28.6. The van der Waals surface area contributed by atoms with Gasteiger partial charge in [0.1, 0.15) is 6.04 Å². The molecule has 0 aromatic heterocycles. The highest BCUT2D eigenvalue weighted by Crippen LogP contribution is 2.23. The Morgan fingerprint density at radius 2 is 0.613 bits per heavy atom. The number of hydrogen-bond donors (Lipinski definition) is 1. The normalized spacial score (nSPS) is 13.0. The molecule has 5 heteroatoms. The lowest BCUT2D eigenvalue weighted by Crippen LogP contribution is -2.39. The van der Waals surface area contributed by atoms with Crippen LogP contribution >= 0.6 is 0 Å². The van der Waals surface area contributed by atoms with Crippen molar-refractivity contribution in [3.63, 3.8) is 0 Å². The largest absolute Gasteiger partial charge is 0.465 e. The van der Waals surface area contributed by atoms with Gasteiger partial charge in [-0.2, -0.15) is 0 Å². The summed E-state index contributed by atoms with van der Waals surface area (Å²) in [5, 5.41) is 3.56. The Hall–Kier alpha value is -1.10. The van der Waals surface area contributed by atoms with Crippen LogP contribution in [0.5, 0.6) is 0 Å². The first-order chi connectivity index (χ1) is 30.5. The van der Waals surface area contributed by atoms with Gasteiger partial charge in [0.05, 0.1) is 13.2 Å². The monoisotopic (exact) mass is 876 g/mol. The third-order valence-corrected chi connectivity index (χ3v) is 13.6. The Kier molecular flexibility index (Phi) is 50.0. The van der Waals surface area contributed by atoms with Gasteiger partial charge in [-0.1, -0.05) is 272 Å². The molecule has 0 spiro atoms. The molecule has 0 amide bonds. The molecule has 0 aromatic rings. The first-order valence-corrected chi connectivity index (χ1v) is 28.6. The van der Waals surface area contributed by atoms with E-state index in [2.05, 4.69) is 39.9 Å². The summed E-state index contributed by atoms with van der Waals surface area (Å²) in [4.78, 5) is 27.1. The van der Waals surface area contributed by atoms with Gasteiger partial charge in [-0.25, -0.2) is 0 Å². The highest BCUT2D eigenvalue weighted by molar-refractivity contribution is 5.77. The predicted octanol–water partition coefficient (Wildman–Crippen LogP) is 18.5. The lowest BCUT2D eigenvalue weighted by Gasteiger charge is -2.21. The molecule has 0 heterocycles. The molecule has 0 fully saturated rings. The SMILES string of the molecule is CCCCCCCCCCCCN[C@@H](CCC(=O)OCC(CCCCCCCC)CCCCCCCCCC)C(=O)OCC(CCCCCCCC)CCCCCCCCCC. The van der Waals surface area contributed by atoms with Gasteiger partial charge in [0.2, 0.25) is 0 Å². The van der Waals surface area contributed by atoms with E-state index >= 15 is 0 Å². The fourth-order valence-corrected chi connectivity index (χ4v) is 9.22. The van der Waals surface area contributed by atoms with Crippen LogP contribution < -0.4 is 5.32 Å². The molecule has 0 saturated carbocycles. The molecule has 370 valence electrons. The van der Waals surface area contributed by atoms with Crippen LogP contribution in [-0.4, -0.2) is 37.7 Å². The second kappa shape index (κ2) is 50.9. The molecule has 0 radical (unpaired) electrons. The zero-order valence-electron chi connectivity index (χ0n) is 43.1. The van der Waals surface area contributed by atoms with E-state index in [1.807, 2.05) is 0 Å². The second-order valence-electron chi connectivity index (χ2n) is 19.9. The van der Waals surface area contributed by atoms with Crippen LogP contribution in [-0.2, 0) is 19.1 Å². The minimum absolute atomic E-state index is 0.150. The van der Waals surface area contributed by atoms with Crippen molar-refractivity contribution in [2.45, 2.75) is 323 Å². The van der Waals surface area contributed by atoms with E-state index in [-0.39, 0.29) is 18.4 Å². The van der Waals surface area contributed by atoms with E-state index in [9.17, 15) is 9.59 Å². The molecule has 5 nitrogen and oxygen atoms in total. The number of rotatable bonds is 52. The number of ether oxygens (including phenoxy) is 2. The van der Waals surface area contributed by atoms with Gasteiger partial charge in [-0.05, 0) is 56.9 Å². The first kappa shape index (κ1) is 60.9. The molecule has 0 aliphatic heterocycles. The van der Waals surface area contributed by atoms with Crippen LogP contribution in [0.15, 0.2) is 0 Å². The number of esters is 2. The van der Waals surface area contributed by atoms with Crippen molar-refractivity contribution in [3.8, 4) is 0 Å². The Labute approximate surface area is 389 Å². The number of unbranched alkanes of at least 4 members (excludes halogenated alkanes) is 33. The van der Waals surface area contributed by atoms with Gasteiger partial charge in [0.25, 0.3) is 0 Å². The molecule has 0 saturated heterocycles. The predicted molar refractivity (Wildman–Crippen MR) is 272 cm³/mol. The molecular weight excluding hydrogens is 763 g/mol. The fraction of sp³-hybridized carbons (Fsp3) is 0.965. The van der Waals surface area contributed by atoms with Crippen molar-refractivity contribution in [2.75, 3.05) is 19.8 Å². The van der Waals surface area contributed by atoms with E-state index in [0.29, 0.717) is 31.5 Å². The summed E-state index contributed by atoms with van der Waals surface area (Å²) in [5.41, 5.74) is 0. The quantitative estimate of drug-likeness (QED) is 0.0487. The van der Waals surface area contributed by atoms with Crippen molar-refractivity contribution in [1.82, 2.24) is 5.32 Å². The van der Waals surface area contributed by atoms with E-state index in [1.54, 1.807) is 0 Å². The van der Waals surface area contributed by atoms with Gasteiger partial charge >= 0.3 is 11.9 Å². The third kappa shape index (κ3) is 44.1. The van der Waals surface area contributed by atoms with E-state index in [1.165, 1.54) is 238 Å². The maximum absolute atomic E-state index is 13.8. The maximum atomic E-state index is 13.8. The van der Waals surface area contributed by atoms with Crippen molar-refractivity contribution >= 4 is 11.9 Å². The summed E-state index contributed by atoms with van der Waals surface area (Å²) in [6.45, 7) is 13.3. The smallest absolute Gasteiger partial charge is 0.323 e. The molecule has 0 bridgehead atoms. The van der Waals surface area contributed by atoms with Crippen LogP contribution in [0.2, 0.25) is 0 Å². The molecule has 1 N–H and O–H groups in total. The average Bonchev–Trinajstić information content (AvgIpc) is 3.28. The molecule has 3 atom stereocenters. The van der Waals surface area contributed by atoms with Gasteiger partial charge in [0.15, 0.2) is 0 Å². The molecule has 0 aliphatic carbocycles. The molecule has 0 rings (SSSR count). The Balaban J connectivity index is 5.27. The van der Waals surface area contributed by atoms with Crippen molar-refractivity contribution in [3.05, 3.63) is 0 Å². The van der Waals surface area contributed by atoms with E-state index < -0.39 is 6.04 Å². The number of hydrogen-bond acceptors (Lipinski definition) is 5. The number of nitrogens with one attached hydrogen (secondary N) is 1. The lowest BCUT2D eigenvalue weighted by atomic mass is 9.94. The van der Waals surface area contributed by atoms with Gasteiger partial charge in [-0.3, -0.25) is 9.59 Å². The highest BCUT2D eigenvalue weighted by Gasteiger charge is 2.23. The Morgan fingerprint density at radius 3 is 0.935 bits per heavy atom. The van der Waals surface area contributed by atoms with Crippen molar-refractivity contribution in [1.29, 1.82) is 0 Å². The third-order valence-electron chi connectivity index (χ3n) is 13.6. The fourth-order valence-electron chi connectivity index (χ4n) is 9.22. The van der Waals surface area contributed by atoms with Gasteiger partial charge in [-0.15, -0.1) is 0 Å². The molecule has 0 aliphatic rings. The summed E-state index contributed by atoms with van der Waals surface area (Å²) < 4.78 is 12.2. The maximum Gasteiger partial charge on any atom is 0.323 e. The summed E-state index contributed by atoms with van der Waals surface area (Å²) in [6, 6.07) is -0.449. The number of carbonyl (C=O) groups excluding carboxylic acids is 2. The summed E-state index contributed by atoms with van der Waals surface area (Å²) >= 11 is 0. The average molecular weight is 877 g/mol. The van der Waals surface area contributed by atoms with E-state index in [0.717, 1.165) is 38.6 Å². The zero-order valence-corrected chi connectivity index (χ0v) is 43.1. The minimum atomic E-state index is -0.449. The summed E-state index contributed by atoms with van der Waals surface area (Å²) in [7, 11) is 0. The summed E-state index contributed by atoms with van der Waals surface area (Å²) in [5.74, 6) is 0.569. The second-order valence-corrected chi connectivity index (χ2v) is 19.9. The van der Waals surface area contributed by atoms with E-state index in [4.69, 9.17) is 9.47 Å². The molecule has 62 heavy (non-hydrogen) atoms. The lowest BCUT2D eigenvalue weighted by molar-refractivity contribution is -0.149. The summed E-state index contributed by atoms with van der Waals surface area (Å²) in [6.07, 6.45) is 55.1. The number of carbonyl (C=O) groups is 2. The molecular formula is C57H113NO4. The zero-order chi connectivity index (χ0) is 45.2. The van der Waals surface area contributed by atoms with Crippen LogP contribution in [0.4, 0.5) is 0 Å². The minimum Gasteiger partial charge on any atom is -0.465 e. The van der Waals surface area contributed by atoms with Crippen LogP contribution in [0.3, 0.4) is 0 Å². The Morgan fingerprint density at radius 1 is 0.339 bits per heavy atom. The van der Waals surface area contributed by atoms with Crippen LogP contribution in [0.1, 0.15) is 317 Å². The Bertz CT molecular complexity index is 894. The van der Waals surface area contributed by atoms with Crippen molar-refractivity contribution < 1.29 is 19.1 Å². The molecule has 2 unspecified atom stereocenters. The van der Waals surface area contributed by atoms with Crippen molar-refractivity contribution in [2.24, 2.45) is 11.8 Å².